The van der Waals surface area contributed by atoms with Crippen molar-refractivity contribution in [3.8, 4) is 0 Å². The van der Waals surface area contributed by atoms with Gasteiger partial charge in [-0.3, -0.25) is 0 Å². The molecule has 2 atom stereocenters. The molecule has 106 valence electrons. The van der Waals surface area contributed by atoms with E-state index >= 15 is 0 Å². The van der Waals surface area contributed by atoms with Crippen LogP contribution in [0, 0.1) is 0 Å². The third-order valence-electron chi connectivity index (χ3n) is 3.87. The fourth-order valence-corrected chi connectivity index (χ4v) is 6.95. The summed E-state index contributed by atoms with van der Waals surface area (Å²) in [6.45, 7) is 0. The van der Waals surface area contributed by atoms with Gasteiger partial charge >= 0.3 is 0 Å². The van der Waals surface area contributed by atoms with Crippen LogP contribution in [0.1, 0.15) is 25.7 Å². The number of aromatic nitrogens is 3. The lowest BCUT2D eigenvalue weighted by atomic mass is 10.1. The predicted octanol–water partition coefficient (Wildman–Crippen LogP) is 1.66. The molecule has 6 nitrogen and oxygen atoms in total. The van der Waals surface area contributed by atoms with Crippen molar-refractivity contribution in [2.45, 2.75) is 47.6 Å². The summed E-state index contributed by atoms with van der Waals surface area (Å²) in [6.07, 6.45) is 3.63. The highest BCUT2D eigenvalue weighted by atomic mass is 79.9. The lowest BCUT2D eigenvalue weighted by molar-refractivity contribution is 0.253. The summed E-state index contributed by atoms with van der Waals surface area (Å²) in [5.41, 5.74) is 0. The number of piperidine rings is 1. The van der Waals surface area contributed by atoms with E-state index in [1.807, 2.05) is 0 Å². The summed E-state index contributed by atoms with van der Waals surface area (Å²) in [6, 6.07) is 0.185. The topological polar surface area (TPSA) is 68.1 Å². The van der Waals surface area contributed by atoms with Crippen LogP contribution in [-0.4, -0.2) is 44.6 Å². The predicted molar refractivity (Wildman–Crippen MR) is 76.5 cm³/mol. The molecule has 0 N–H and O–H groups in total. The molecule has 19 heavy (non-hydrogen) atoms. The van der Waals surface area contributed by atoms with Crippen molar-refractivity contribution in [2.75, 3.05) is 0 Å². The van der Waals surface area contributed by atoms with E-state index in [1.54, 1.807) is 11.4 Å². The smallest absolute Gasteiger partial charge is 0.235 e. The van der Waals surface area contributed by atoms with Gasteiger partial charge in [-0.05, 0) is 41.6 Å². The molecule has 0 amide bonds. The van der Waals surface area contributed by atoms with E-state index in [0.717, 1.165) is 25.7 Å². The van der Waals surface area contributed by atoms with Crippen LogP contribution in [0.3, 0.4) is 0 Å². The van der Waals surface area contributed by atoms with Crippen LogP contribution in [0.2, 0.25) is 0 Å². The van der Waals surface area contributed by atoms with Crippen LogP contribution in [-0.2, 0) is 17.1 Å². The van der Waals surface area contributed by atoms with Crippen LogP contribution in [0.4, 0.5) is 0 Å². The zero-order chi connectivity index (χ0) is 13.8. The molecule has 0 aliphatic carbocycles. The fraction of sp³-hybridized carbons (Fsp3) is 0.800. The maximum atomic E-state index is 12.8. The first-order valence-corrected chi connectivity index (χ1v) is 9.29. The molecule has 1 aromatic heterocycles. The van der Waals surface area contributed by atoms with Gasteiger partial charge < -0.3 is 0 Å². The number of alkyl halides is 1. The molecule has 2 fully saturated rings. The Hall–Kier alpha value is 0.01000. The van der Waals surface area contributed by atoms with Crippen molar-refractivity contribution in [3.63, 3.8) is 0 Å². The van der Waals surface area contributed by atoms with Gasteiger partial charge in [-0.1, -0.05) is 21.1 Å². The molecule has 3 heterocycles. The van der Waals surface area contributed by atoms with Gasteiger partial charge in [0.15, 0.2) is 4.60 Å². The van der Waals surface area contributed by atoms with Crippen LogP contribution < -0.4 is 0 Å². The monoisotopic (exact) mass is 412 g/mol. The second kappa shape index (κ2) is 4.78. The Labute approximate surface area is 128 Å². The summed E-state index contributed by atoms with van der Waals surface area (Å²) < 4.78 is 29.0. The lowest BCUT2D eigenvalue weighted by Crippen LogP contribution is -2.47. The number of hydrogen-bond donors (Lipinski definition) is 0. The quantitative estimate of drug-likeness (QED) is 0.691. The van der Waals surface area contributed by atoms with E-state index in [1.165, 1.54) is 4.68 Å². The number of rotatable bonds is 2. The Morgan fingerprint density at radius 3 is 2.32 bits per heavy atom. The van der Waals surface area contributed by atoms with Gasteiger partial charge in [0.25, 0.3) is 10.0 Å². The molecule has 0 spiro atoms. The molecule has 0 aromatic carbocycles. The summed E-state index contributed by atoms with van der Waals surface area (Å²) >= 11 is 6.80. The third-order valence-corrected chi connectivity index (χ3v) is 7.51. The highest BCUT2D eigenvalue weighted by Crippen LogP contribution is 2.42. The van der Waals surface area contributed by atoms with Crippen LogP contribution >= 0.6 is 31.9 Å². The zero-order valence-corrected chi connectivity index (χ0v) is 14.3. The van der Waals surface area contributed by atoms with Gasteiger partial charge in [0.05, 0.1) is 0 Å². The number of aryl methyl sites for hydroxylation is 1. The first kappa shape index (κ1) is 14.0. The number of sulfonamides is 1. The molecule has 3 rings (SSSR count). The largest absolute Gasteiger partial charge is 0.263 e. The minimum absolute atomic E-state index is 0.0925. The van der Waals surface area contributed by atoms with Crippen molar-refractivity contribution in [1.82, 2.24) is 19.3 Å². The molecule has 0 saturated carbocycles. The molecule has 2 bridgehead atoms. The Balaban J connectivity index is 2.03. The second-order valence-corrected chi connectivity index (χ2v) is 8.90. The van der Waals surface area contributed by atoms with Gasteiger partial charge in [-0.2, -0.15) is 4.31 Å². The molecule has 0 radical (unpaired) electrons. The van der Waals surface area contributed by atoms with E-state index in [-0.39, 0.29) is 21.7 Å². The summed E-state index contributed by atoms with van der Waals surface area (Å²) in [4.78, 5) is 0.421. The fourth-order valence-electron chi connectivity index (χ4n) is 3.16. The minimum atomic E-state index is -3.54. The normalized spacial score (nSPS) is 31.8. The van der Waals surface area contributed by atoms with Crippen molar-refractivity contribution >= 4 is 41.9 Å². The average molecular weight is 414 g/mol. The van der Waals surface area contributed by atoms with Crippen LogP contribution in [0.25, 0.3) is 0 Å². The van der Waals surface area contributed by atoms with E-state index in [4.69, 9.17) is 0 Å². The maximum absolute atomic E-state index is 12.8. The number of halogens is 2. The molecular weight excluding hydrogens is 400 g/mol. The molecule has 1 aromatic rings. The summed E-state index contributed by atoms with van der Waals surface area (Å²) in [5.74, 6) is 0. The molecule has 2 saturated heterocycles. The third kappa shape index (κ3) is 2.18. The maximum Gasteiger partial charge on any atom is 0.263 e. The van der Waals surface area contributed by atoms with E-state index in [2.05, 4.69) is 42.2 Å². The number of fused-ring (bicyclic) bond motifs is 2. The molecule has 2 aliphatic heterocycles. The van der Waals surface area contributed by atoms with Crippen molar-refractivity contribution in [2.24, 2.45) is 7.05 Å². The number of nitrogens with zero attached hydrogens (tertiary/aromatic N) is 4. The Bertz CT molecular complexity index is 569. The van der Waals surface area contributed by atoms with Crippen molar-refractivity contribution in [3.05, 3.63) is 4.60 Å². The van der Waals surface area contributed by atoms with E-state index in [0.29, 0.717) is 4.83 Å². The Morgan fingerprint density at radius 1 is 1.26 bits per heavy atom. The van der Waals surface area contributed by atoms with Crippen LogP contribution in [0.15, 0.2) is 9.63 Å². The SMILES string of the molecule is Cn1nnc(Br)c1S(=O)(=O)N1C2CCC1CC(Br)C2. The summed E-state index contributed by atoms with van der Waals surface area (Å²) in [5, 5.41) is 7.70. The minimum Gasteiger partial charge on any atom is -0.235 e. The average Bonchev–Trinajstić information content (AvgIpc) is 2.79. The first-order chi connectivity index (χ1) is 8.91. The Kier molecular flexibility index (Phi) is 3.52. The molecule has 2 aliphatic rings. The first-order valence-electron chi connectivity index (χ1n) is 6.14. The molecule has 9 heteroatoms. The lowest BCUT2D eigenvalue weighted by Gasteiger charge is -2.35. The van der Waals surface area contributed by atoms with Gasteiger partial charge in [-0.15, -0.1) is 5.10 Å². The van der Waals surface area contributed by atoms with Gasteiger partial charge in [-0.25, -0.2) is 13.1 Å². The Morgan fingerprint density at radius 2 is 1.84 bits per heavy atom. The van der Waals surface area contributed by atoms with Gasteiger partial charge in [0.2, 0.25) is 5.03 Å². The standard InChI is InChI=1S/C10H14Br2N4O2S/c1-15-10(9(12)13-14-15)19(17,18)16-7-2-3-8(16)5-6(11)4-7/h6-8H,2-5H2,1H3. The van der Waals surface area contributed by atoms with Crippen LogP contribution in [0.5, 0.6) is 0 Å². The van der Waals surface area contributed by atoms with Gasteiger partial charge in [0, 0.05) is 24.0 Å². The van der Waals surface area contributed by atoms with Crippen molar-refractivity contribution < 1.29 is 8.42 Å². The number of hydrogen-bond acceptors (Lipinski definition) is 4. The van der Waals surface area contributed by atoms with Crippen molar-refractivity contribution in [1.29, 1.82) is 0 Å². The zero-order valence-electron chi connectivity index (χ0n) is 10.3. The second-order valence-electron chi connectivity index (χ2n) is 5.10. The summed E-state index contributed by atoms with van der Waals surface area (Å²) in [7, 11) is -1.93. The highest BCUT2D eigenvalue weighted by Gasteiger charge is 2.48. The van der Waals surface area contributed by atoms with Gasteiger partial charge in [0.1, 0.15) is 0 Å². The van der Waals surface area contributed by atoms with E-state index in [9.17, 15) is 8.42 Å². The molecular formula is C10H14Br2N4O2S. The van der Waals surface area contributed by atoms with E-state index < -0.39 is 10.0 Å². The highest BCUT2D eigenvalue weighted by molar-refractivity contribution is 9.10. The molecule has 2 unspecified atom stereocenters.